The molecule has 0 aliphatic rings. The summed E-state index contributed by atoms with van der Waals surface area (Å²) in [5.74, 6) is 0. The first-order valence-electron chi connectivity index (χ1n) is 3.91. The second-order valence-electron chi connectivity index (χ2n) is 2.61. The zero-order chi connectivity index (χ0) is 9.68. The zero-order valence-electron chi connectivity index (χ0n) is 7.69. The number of hydrogen-bond donors (Lipinski definition) is 1. The van der Waals surface area contributed by atoms with Gasteiger partial charge in [-0.05, 0) is 12.2 Å². The maximum atomic E-state index is 5.04. The fourth-order valence-corrected chi connectivity index (χ4v) is 0.982. The van der Waals surface area contributed by atoms with Crippen LogP contribution in [0.1, 0.15) is 5.69 Å². The van der Waals surface area contributed by atoms with E-state index in [-0.39, 0.29) is 0 Å². The lowest BCUT2D eigenvalue weighted by atomic mass is 10.4. The second-order valence-corrected chi connectivity index (χ2v) is 2.99. The molecular formula is C8H12N4S. The van der Waals surface area contributed by atoms with Crippen molar-refractivity contribution in [3.05, 3.63) is 24.3 Å². The average molecular weight is 196 g/mol. The molecule has 70 valence electrons. The summed E-state index contributed by atoms with van der Waals surface area (Å²) in [4.78, 5) is 10.0. The highest BCUT2D eigenvalue weighted by Crippen LogP contribution is 1.96. The number of nitrogens with zero attached hydrogens (tertiary/aromatic N) is 3. The van der Waals surface area contributed by atoms with Crippen LogP contribution in [0.4, 0.5) is 0 Å². The number of aromatic nitrogens is 2. The van der Waals surface area contributed by atoms with Crippen molar-refractivity contribution in [1.29, 1.82) is 0 Å². The van der Waals surface area contributed by atoms with Gasteiger partial charge in [-0.2, -0.15) is 0 Å². The van der Waals surface area contributed by atoms with E-state index >= 15 is 0 Å². The molecule has 0 spiro atoms. The van der Waals surface area contributed by atoms with E-state index in [4.69, 9.17) is 12.2 Å². The highest BCUT2D eigenvalue weighted by atomic mass is 32.1. The van der Waals surface area contributed by atoms with E-state index in [9.17, 15) is 0 Å². The minimum atomic E-state index is 0.674. The molecule has 0 fully saturated rings. The molecule has 0 bridgehead atoms. The van der Waals surface area contributed by atoms with Crippen molar-refractivity contribution in [3.63, 3.8) is 0 Å². The SMILES string of the molecule is CNC(=S)N(C)Cc1cnccn1. The fourth-order valence-electron chi connectivity index (χ4n) is 0.917. The van der Waals surface area contributed by atoms with Gasteiger partial charge in [-0.15, -0.1) is 0 Å². The van der Waals surface area contributed by atoms with Crippen LogP contribution < -0.4 is 5.32 Å². The number of thiocarbonyl (C=S) groups is 1. The van der Waals surface area contributed by atoms with Crippen LogP contribution in [-0.4, -0.2) is 34.1 Å². The predicted molar refractivity (Wildman–Crippen MR) is 55.2 cm³/mol. The van der Waals surface area contributed by atoms with Gasteiger partial charge in [0, 0.05) is 26.5 Å². The Bertz CT molecular complexity index is 275. The predicted octanol–water partition coefficient (Wildman–Crippen LogP) is 0.413. The van der Waals surface area contributed by atoms with Crippen molar-refractivity contribution in [2.24, 2.45) is 0 Å². The number of nitrogens with one attached hydrogen (secondary N) is 1. The first-order chi connectivity index (χ1) is 6.24. The molecule has 0 aromatic carbocycles. The normalized spacial score (nSPS) is 9.38. The lowest BCUT2D eigenvalue weighted by Gasteiger charge is -2.18. The van der Waals surface area contributed by atoms with Gasteiger partial charge in [0.1, 0.15) is 0 Å². The number of rotatable bonds is 2. The molecular weight excluding hydrogens is 184 g/mol. The Morgan fingerprint density at radius 1 is 1.62 bits per heavy atom. The summed E-state index contributed by atoms with van der Waals surface area (Å²) in [5.41, 5.74) is 0.905. The smallest absolute Gasteiger partial charge is 0.168 e. The Balaban J connectivity index is 2.55. The molecule has 0 saturated heterocycles. The van der Waals surface area contributed by atoms with Crippen molar-refractivity contribution in [3.8, 4) is 0 Å². The van der Waals surface area contributed by atoms with E-state index in [0.29, 0.717) is 11.7 Å². The van der Waals surface area contributed by atoms with E-state index in [1.165, 1.54) is 0 Å². The third kappa shape index (κ3) is 2.95. The maximum Gasteiger partial charge on any atom is 0.168 e. The molecule has 0 radical (unpaired) electrons. The highest BCUT2D eigenvalue weighted by Gasteiger charge is 2.02. The molecule has 5 heteroatoms. The van der Waals surface area contributed by atoms with Gasteiger partial charge in [-0.3, -0.25) is 9.97 Å². The topological polar surface area (TPSA) is 41.0 Å². The van der Waals surface area contributed by atoms with Crippen LogP contribution in [0.2, 0.25) is 0 Å². The van der Waals surface area contributed by atoms with Crippen LogP contribution in [0.3, 0.4) is 0 Å². The summed E-state index contributed by atoms with van der Waals surface area (Å²) < 4.78 is 0. The summed E-state index contributed by atoms with van der Waals surface area (Å²) in [6.07, 6.45) is 5.06. The average Bonchev–Trinajstić information content (AvgIpc) is 2.18. The maximum absolute atomic E-state index is 5.04. The lowest BCUT2D eigenvalue weighted by molar-refractivity contribution is 0.486. The monoisotopic (exact) mass is 196 g/mol. The van der Waals surface area contributed by atoms with Gasteiger partial charge in [0.25, 0.3) is 0 Å². The van der Waals surface area contributed by atoms with Crippen LogP contribution >= 0.6 is 12.2 Å². The molecule has 1 aromatic heterocycles. The lowest BCUT2D eigenvalue weighted by Crippen LogP contribution is -2.34. The minimum absolute atomic E-state index is 0.674. The van der Waals surface area contributed by atoms with Crippen molar-refractivity contribution < 1.29 is 0 Å². The van der Waals surface area contributed by atoms with Gasteiger partial charge in [0.2, 0.25) is 0 Å². The second kappa shape index (κ2) is 4.71. The standard InChI is InChI=1S/C8H12N4S/c1-9-8(13)12(2)6-7-5-10-3-4-11-7/h3-5H,6H2,1-2H3,(H,9,13). The minimum Gasteiger partial charge on any atom is -0.366 e. The van der Waals surface area contributed by atoms with E-state index in [2.05, 4.69) is 15.3 Å². The summed E-state index contributed by atoms with van der Waals surface area (Å²) in [6.45, 7) is 0.674. The van der Waals surface area contributed by atoms with Crippen LogP contribution in [0.25, 0.3) is 0 Å². The molecule has 13 heavy (non-hydrogen) atoms. The Labute approximate surface area is 83.0 Å². The highest BCUT2D eigenvalue weighted by molar-refractivity contribution is 7.80. The van der Waals surface area contributed by atoms with Crippen LogP contribution in [0.5, 0.6) is 0 Å². The Morgan fingerprint density at radius 2 is 2.38 bits per heavy atom. The third-order valence-electron chi connectivity index (χ3n) is 1.58. The van der Waals surface area contributed by atoms with E-state index in [0.717, 1.165) is 5.69 Å². The van der Waals surface area contributed by atoms with E-state index in [1.54, 1.807) is 25.6 Å². The zero-order valence-corrected chi connectivity index (χ0v) is 8.51. The van der Waals surface area contributed by atoms with Gasteiger partial charge in [0.05, 0.1) is 18.4 Å². The summed E-state index contributed by atoms with van der Waals surface area (Å²) in [6, 6.07) is 0. The van der Waals surface area contributed by atoms with Crippen molar-refractivity contribution in [2.45, 2.75) is 6.54 Å². The quantitative estimate of drug-likeness (QED) is 0.694. The summed E-state index contributed by atoms with van der Waals surface area (Å²) >= 11 is 5.04. The van der Waals surface area contributed by atoms with Crippen LogP contribution in [0.15, 0.2) is 18.6 Å². The fraction of sp³-hybridized carbons (Fsp3) is 0.375. The van der Waals surface area contributed by atoms with Gasteiger partial charge < -0.3 is 10.2 Å². The van der Waals surface area contributed by atoms with Crippen molar-refractivity contribution >= 4 is 17.3 Å². The molecule has 0 aliphatic carbocycles. The van der Waals surface area contributed by atoms with Gasteiger partial charge >= 0.3 is 0 Å². The van der Waals surface area contributed by atoms with Crippen molar-refractivity contribution in [2.75, 3.05) is 14.1 Å². The number of hydrogen-bond acceptors (Lipinski definition) is 3. The van der Waals surface area contributed by atoms with Gasteiger partial charge in [0.15, 0.2) is 5.11 Å². The molecule has 0 amide bonds. The Morgan fingerprint density at radius 3 is 2.92 bits per heavy atom. The molecule has 4 nitrogen and oxygen atoms in total. The molecule has 1 N–H and O–H groups in total. The molecule has 1 aromatic rings. The van der Waals surface area contributed by atoms with Crippen LogP contribution in [0, 0.1) is 0 Å². The van der Waals surface area contributed by atoms with Crippen LogP contribution in [-0.2, 0) is 6.54 Å². The summed E-state index contributed by atoms with van der Waals surface area (Å²) in [7, 11) is 3.71. The van der Waals surface area contributed by atoms with E-state index in [1.807, 2.05) is 11.9 Å². The third-order valence-corrected chi connectivity index (χ3v) is 2.09. The first kappa shape index (κ1) is 9.85. The van der Waals surface area contributed by atoms with Crippen molar-refractivity contribution in [1.82, 2.24) is 20.2 Å². The molecule has 0 atom stereocenters. The van der Waals surface area contributed by atoms with Gasteiger partial charge in [-0.1, -0.05) is 0 Å². The Hall–Kier alpha value is -1.23. The molecule has 0 aliphatic heterocycles. The Kier molecular flexibility index (Phi) is 3.57. The van der Waals surface area contributed by atoms with E-state index < -0.39 is 0 Å². The molecule has 0 unspecified atom stereocenters. The van der Waals surface area contributed by atoms with Gasteiger partial charge in [-0.25, -0.2) is 0 Å². The molecule has 0 saturated carbocycles. The molecule has 1 heterocycles. The molecule has 1 rings (SSSR count). The first-order valence-corrected chi connectivity index (χ1v) is 4.32. The summed E-state index contributed by atoms with van der Waals surface area (Å²) in [5, 5.41) is 3.59. The largest absolute Gasteiger partial charge is 0.366 e.